The third-order valence-corrected chi connectivity index (χ3v) is 12.0. The van der Waals surface area contributed by atoms with Crippen molar-refractivity contribution in [1.29, 1.82) is 0 Å². The number of Topliss-reactive ketones (excluding diaryl/α,β-unsaturated/α-hetero) is 1. The largest absolute Gasteiger partial charge is 0.399 e. The Morgan fingerprint density at radius 1 is 1.14 bits per heavy atom. The molecule has 0 amide bonds. The number of fused-ring (bicyclic) bond motifs is 7. The van der Waals surface area contributed by atoms with Gasteiger partial charge in [-0.05, 0) is 80.0 Å². The Morgan fingerprint density at radius 3 is 2.67 bits per heavy atom. The molecule has 3 saturated carbocycles. The SMILES string of the molecule is CC12C=CC(=O)C=C1CCC1C2C(O)CC2(C)C1CC1OC(c3ccc(Sc4cccc(N)c4)cc3)OC12C(=O)CO. The van der Waals surface area contributed by atoms with Crippen LogP contribution in [0.3, 0.4) is 0 Å². The van der Waals surface area contributed by atoms with Crippen molar-refractivity contribution in [3.63, 3.8) is 0 Å². The molecule has 7 nitrogen and oxygen atoms in total. The summed E-state index contributed by atoms with van der Waals surface area (Å²) in [5, 5.41) is 22.0. The number of hydrogen-bond acceptors (Lipinski definition) is 8. The summed E-state index contributed by atoms with van der Waals surface area (Å²) in [5.74, 6) is -0.259. The van der Waals surface area contributed by atoms with Crippen LogP contribution in [0.4, 0.5) is 5.69 Å². The lowest BCUT2D eigenvalue weighted by Gasteiger charge is -2.59. The molecule has 8 heteroatoms. The third kappa shape index (κ3) is 3.95. The Balaban J connectivity index is 1.18. The minimum atomic E-state index is -1.35. The molecule has 42 heavy (non-hydrogen) atoms. The van der Waals surface area contributed by atoms with Gasteiger partial charge in [0.2, 0.25) is 0 Å². The number of aliphatic hydroxyl groups is 2. The second-order valence-corrected chi connectivity index (χ2v) is 14.2. The predicted molar refractivity (Wildman–Crippen MR) is 158 cm³/mol. The molecule has 1 saturated heterocycles. The number of rotatable bonds is 5. The van der Waals surface area contributed by atoms with E-state index in [1.54, 1.807) is 23.9 Å². The van der Waals surface area contributed by atoms with Crippen LogP contribution in [-0.2, 0) is 19.1 Å². The van der Waals surface area contributed by atoms with Gasteiger partial charge in [-0.3, -0.25) is 9.59 Å². The summed E-state index contributed by atoms with van der Waals surface area (Å²) in [5.41, 5.74) is 6.05. The van der Waals surface area contributed by atoms with Gasteiger partial charge in [0.05, 0.1) is 12.2 Å². The summed E-state index contributed by atoms with van der Waals surface area (Å²) in [7, 11) is 0. The van der Waals surface area contributed by atoms with E-state index in [-0.39, 0.29) is 29.3 Å². The molecule has 2 aromatic rings. The van der Waals surface area contributed by atoms with E-state index < -0.39 is 41.5 Å². The molecule has 1 aliphatic heterocycles. The van der Waals surface area contributed by atoms with Gasteiger partial charge in [-0.15, -0.1) is 0 Å². The number of nitrogen functional groups attached to an aromatic ring is 1. The molecular formula is C34H37NO6S. The topological polar surface area (TPSA) is 119 Å². The summed E-state index contributed by atoms with van der Waals surface area (Å²) in [6, 6.07) is 15.6. The Bertz CT molecular complexity index is 1500. The summed E-state index contributed by atoms with van der Waals surface area (Å²) >= 11 is 1.61. The normalized spacial score (nSPS) is 40.1. The van der Waals surface area contributed by atoms with Gasteiger partial charge in [0.1, 0.15) is 6.61 Å². The number of benzene rings is 2. The van der Waals surface area contributed by atoms with Gasteiger partial charge in [-0.25, -0.2) is 0 Å². The average Bonchev–Trinajstić information content (AvgIpc) is 3.46. The molecule has 4 aliphatic carbocycles. The molecule has 2 aromatic carbocycles. The van der Waals surface area contributed by atoms with Crippen molar-refractivity contribution in [2.45, 2.75) is 73.4 Å². The van der Waals surface area contributed by atoms with Crippen LogP contribution < -0.4 is 5.73 Å². The highest BCUT2D eigenvalue weighted by molar-refractivity contribution is 7.99. The highest BCUT2D eigenvalue weighted by Crippen LogP contribution is 2.70. The van der Waals surface area contributed by atoms with Crippen LogP contribution in [0.1, 0.15) is 51.4 Å². The van der Waals surface area contributed by atoms with Crippen LogP contribution in [0.2, 0.25) is 0 Å². The van der Waals surface area contributed by atoms with E-state index in [2.05, 4.69) is 13.8 Å². The zero-order chi connectivity index (χ0) is 29.4. The third-order valence-electron chi connectivity index (χ3n) is 11.0. The number of nitrogens with two attached hydrogens (primary N) is 1. The molecule has 0 spiro atoms. The number of aliphatic hydroxyl groups excluding tert-OH is 2. The van der Waals surface area contributed by atoms with Crippen molar-refractivity contribution < 1.29 is 29.3 Å². The standard InChI is InChI=1S/C34H37NO6S/c1-32-13-12-22(37)14-20(32)8-11-25-26-16-29-34(28(39)18-36,33(26,2)17-27(38)30(25)32)41-31(40-29)19-6-9-23(10-7-19)42-24-5-3-4-21(35)15-24/h3-7,9-10,12-15,25-27,29-31,36,38H,8,11,16-18,35H2,1-2H3. The summed E-state index contributed by atoms with van der Waals surface area (Å²) in [6.07, 6.45) is 5.96. The van der Waals surface area contributed by atoms with Gasteiger partial charge < -0.3 is 25.4 Å². The van der Waals surface area contributed by atoms with Crippen molar-refractivity contribution in [3.8, 4) is 0 Å². The fourth-order valence-corrected chi connectivity index (χ4v) is 10.1. The zero-order valence-corrected chi connectivity index (χ0v) is 24.7. The highest BCUT2D eigenvalue weighted by atomic mass is 32.2. The number of carbonyl (C=O) groups excluding carboxylic acids is 2. The van der Waals surface area contributed by atoms with E-state index in [4.69, 9.17) is 15.2 Å². The van der Waals surface area contributed by atoms with Gasteiger partial charge in [0, 0.05) is 37.8 Å². The van der Waals surface area contributed by atoms with Crippen molar-refractivity contribution >= 4 is 29.0 Å². The quantitative estimate of drug-likeness (QED) is 0.417. The maximum atomic E-state index is 13.7. The second kappa shape index (κ2) is 9.89. The number of allylic oxidation sites excluding steroid dienone is 4. The van der Waals surface area contributed by atoms with Gasteiger partial charge >= 0.3 is 0 Å². The number of ether oxygens (including phenoxy) is 2. The Morgan fingerprint density at radius 2 is 1.93 bits per heavy atom. The molecule has 4 fully saturated rings. The van der Waals surface area contributed by atoms with Crippen LogP contribution in [-0.4, -0.2) is 46.2 Å². The van der Waals surface area contributed by atoms with Gasteiger partial charge in [0.15, 0.2) is 23.5 Å². The minimum Gasteiger partial charge on any atom is -0.399 e. The number of anilines is 1. The number of carbonyl (C=O) groups is 2. The van der Waals surface area contributed by atoms with Crippen LogP contribution in [0.5, 0.6) is 0 Å². The van der Waals surface area contributed by atoms with E-state index in [9.17, 15) is 19.8 Å². The Labute approximate surface area is 250 Å². The van der Waals surface area contributed by atoms with Crippen molar-refractivity contribution in [3.05, 3.63) is 77.9 Å². The van der Waals surface area contributed by atoms with Gasteiger partial charge in [-0.2, -0.15) is 0 Å². The molecule has 0 aromatic heterocycles. The monoisotopic (exact) mass is 587 g/mol. The lowest BCUT2D eigenvalue weighted by Crippen LogP contribution is -2.63. The van der Waals surface area contributed by atoms with Crippen molar-refractivity contribution in [2.75, 3.05) is 12.3 Å². The first-order valence-corrected chi connectivity index (χ1v) is 15.6. The maximum Gasteiger partial charge on any atom is 0.193 e. The fraction of sp³-hybridized carbons (Fsp3) is 0.471. The molecule has 220 valence electrons. The fourth-order valence-electron chi connectivity index (χ4n) is 9.24. The first-order chi connectivity index (χ1) is 20.1. The molecular weight excluding hydrogens is 550 g/mol. The summed E-state index contributed by atoms with van der Waals surface area (Å²) in [6.45, 7) is 3.53. The predicted octanol–water partition coefficient (Wildman–Crippen LogP) is 5.02. The van der Waals surface area contributed by atoms with E-state index in [0.717, 1.165) is 33.8 Å². The maximum absolute atomic E-state index is 13.7. The van der Waals surface area contributed by atoms with Gasteiger partial charge in [0.25, 0.3) is 0 Å². The van der Waals surface area contributed by atoms with Crippen LogP contribution in [0, 0.1) is 28.6 Å². The zero-order valence-electron chi connectivity index (χ0n) is 23.9. The molecule has 0 bridgehead atoms. The lowest BCUT2D eigenvalue weighted by molar-refractivity contribution is -0.201. The minimum absolute atomic E-state index is 0.00295. The lowest BCUT2D eigenvalue weighted by atomic mass is 9.46. The molecule has 5 aliphatic rings. The van der Waals surface area contributed by atoms with Crippen LogP contribution in [0.15, 0.2) is 82.1 Å². The second-order valence-electron chi connectivity index (χ2n) is 13.1. The molecule has 4 N–H and O–H groups in total. The smallest absolute Gasteiger partial charge is 0.193 e. The Hall–Kier alpha value is -2.75. The molecule has 0 radical (unpaired) electrons. The van der Waals surface area contributed by atoms with E-state index in [1.165, 1.54) is 0 Å². The van der Waals surface area contributed by atoms with Gasteiger partial charge in [-0.1, -0.05) is 55.5 Å². The van der Waals surface area contributed by atoms with E-state index >= 15 is 0 Å². The molecule has 9 unspecified atom stereocenters. The first kappa shape index (κ1) is 28.0. The number of hydrogen-bond donors (Lipinski definition) is 3. The summed E-state index contributed by atoms with van der Waals surface area (Å²) < 4.78 is 13.3. The van der Waals surface area contributed by atoms with Crippen molar-refractivity contribution in [1.82, 2.24) is 0 Å². The average molecular weight is 588 g/mol. The molecule has 9 atom stereocenters. The summed E-state index contributed by atoms with van der Waals surface area (Å²) in [4.78, 5) is 28.0. The van der Waals surface area contributed by atoms with Crippen LogP contribution >= 0.6 is 11.8 Å². The molecule has 1 heterocycles. The molecule has 7 rings (SSSR count). The Kier molecular flexibility index (Phi) is 6.61. The highest BCUT2D eigenvalue weighted by Gasteiger charge is 2.75. The van der Waals surface area contributed by atoms with E-state index in [0.29, 0.717) is 18.5 Å². The van der Waals surface area contributed by atoms with E-state index in [1.807, 2.05) is 54.6 Å². The number of ketones is 2. The first-order valence-electron chi connectivity index (χ1n) is 14.8. The van der Waals surface area contributed by atoms with Crippen molar-refractivity contribution in [2.24, 2.45) is 28.6 Å². The van der Waals surface area contributed by atoms with Crippen LogP contribution in [0.25, 0.3) is 0 Å².